The Morgan fingerprint density at radius 3 is 2.79 bits per heavy atom. The normalized spacial score (nSPS) is 11.1. The summed E-state index contributed by atoms with van der Waals surface area (Å²) >= 11 is 3.14. The second kappa shape index (κ2) is 3.44. The lowest BCUT2D eigenvalue weighted by Crippen LogP contribution is -2.04. The third kappa shape index (κ3) is 1.29. The van der Waals surface area contributed by atoms with Crippen LogP contribution in [0, 0.1) is 13.8 Å². The van der Waals surface area contributed by atoms with Gasteiger partial charge >= 0.3 is 0 Å². The molecule has 0 aliphatic heterocycles. The highest BCUT2D eigenvalue weighted by molar-refractivity contribution is 7.98. The average molecular weight is 225 g/mol. The van der Waals surface area contributed by atoms with Gasteiger partial charge in [0.1, 0.15) is 4.83 Å². The van der Waals surface area contributed by atoms with Gasteiger partial charge in [0.25, 0.3) is 0 Å². The number of hydrogen-bond donors (Lipinski definition) is 1. The Bertz CT molecular complexity index is 539. The predicted molar refractivity (Wildman–Crippen MR) is 63.7 cm³/mol. The van der Waals surface area contributed by atoms with E-state index < -0.39 is 0 Å². The van der Waals surface area contributed by atoms with Gasteiger partial charge in [-0.3, -0.25) is 4.79 Å². The topological polar surface area (TPSA) is 32.9 Å². The lowest BCUT2D eigenvalue weighted by Gasteiger charge is -1.96. The zero-order chi connectivity index (χ0) is 10.3. The third-order valence-electron chi connectivity index (χ3n) is 2.39. The molecule has 0 unspecified atom stereocenters. The number of hydrogen-bond acceptors (Lipinski definition) is 3. The fourth-order valence-electron chi connectivity index (χ4n) is 1.47. The Balaban J connectivity index is 2.94. The van der Waals surface area contributed by atoms with Crippen LogP contribution in [-0.4, -0.2) is 11.2 Å². The first-order valence-electron chi connectivity index (χ1n) is 4.30. The highest BCUT2D eigenvalue weighted by atomic mass is 32.2. The fourth-order valence-corrected chi connectivity index (χ4v) is 2.96. The van der Waals surface area contributed by atoms with E-state index >= 15 is 0 Å². The maximum atomic E-state index is 12.0. The van der Waals surface area contributed by atoms with E-state index in [0.717, 1.165) is 20.7 Å². The minimum Gasteiger partial charge on any atom is -0.352 e. The average Bonchev–Trinajstić information content (AvgIpc) is 2.44. The molecule has 0 fully saturated rings. The number of H-pyrrole nitrogens is 1. The second-order valence-corrected chi connectivity index (χ2v) is 5.25. The number of pyridine rings is 1. The number of rotatable bonds is 1. The number of thiophene rings is 1. The number of aromatic nitrogens is 1. The number of fused-ring (bicyclic) bond motifs is 1. The van der Waals surface area contributed by atoms with Crippen LogP contribution in [-0.2, 0) is 0 Å². The molecule has 14 heavy (non-hydrogen) atoms. The number of nitrogens with one attached hydrogen (secondary N) is 1. The van der Waals surface area contributed by atoms with E-state index in [1.54, 1.807) is 17.5 Å². The molecule has 4 heteroatoms. The van der Waals surface area contributed by atoms with Gasteiger partial charge in [-0.05, 0) is 25.7 Å². The fraction of sp³-hybridized carbons (Fsp3) is 0.300. The zero-order valence-electron chi connectivity index (χ0n) is 8.30. The Morgan fingerprint density at radius 1 is 1.43 bits per heavy atom. The molecule has 1 N–H and O–H groups in total. The van der Waals surface area contributed by atoms with Crippen LogP contribution >= 0.6 is 23.1 Å². The summed E-state index contributed by atoms with van der Waals surface area (Å²) in [6, 6.07) is 0. The Hall–Kier alpha value is -0.740. The van der Waals surface area contributed by atoms with Gasteiger partial charge in [0.05, 0.1) is 10.3 Å². The molecule has 2 aromatic rings. The van der Waals surface area contributed by atoms with Gasteiger partial charge in [0.15, 0.2) is 0 Å². The van der Waals surface area contributed by atoms with Crippen LogP contribution in [0.4, 0.5) is 0 Å². The van der Waals surface area contributed by atoms with Crippen molar-refractivity contribution in [2.75, 3.05) is 6.26 Å². The van der Waals surface area contributed by atoms with E-state index in [9.17, 15) is 4.79 Å². The van der Waals surface area contributed by atoms with Gasteiger partial charge in [-0.2, -0.15) is 0 Å². The molecular formula is C10H11NOS2. The lowest BCUT2D eigenvalue weighted by atomic mass is 10.2. The molecule has 0 aromatic carbocycles. The molecular weight excluding hydrogens is 214 g/mol. The van der Waals surface area contributed by atoms with Crippen molar-refractivity contribution < 1.29 is 0 Å². The van der Waals surface area contributed by atoms with Crippen LogP contribution in [0.15, 0.2) is 15.9 Å². The Morgan fingerprint density at radius 2 is 2.14 bits per heavy atom. The van der Waals surface area contributed by atoms with Gasteiger partial charge < -0.3 is 4.98 Å². The quantitative estimate of drug-likeness (QED) is 0.757. The summed E-state index contributed by atoms with van der Waals surface area (Å²) < 4.78 is 0. The maximum Gasteiger partial charge on any atom is 0.204 e. The second-order valence-electron chi connectivity index (χ2n) is 3.17. The summed E-state index contributed by atoms with van der Waals surface area (Å²) in [5, 5.41) is 0.861. The molecule has 2 rings (SSSR count). The maximum absolute atomic E-state index is 12.0. The van der Waals surface area contributed by atoms with Gasteiger partial charge in [0.2, 0.25) is 5.43 Å². The third-order valence-corrected chi connectivity index (χ3v) is 4.27. The molecule has 0 amide bonds. The van der Waals surface area contributed by atoms with Gasteiger partial charge in [-0.15, -0.1) is 23.1 Å². The minimum absolute atomic E-state index is 0.160. The molecule has 0 atom stereocenters. The molecule has 2 nitrogen and oxygen atoms in total. The number of thioether (sulfide) groups is 1. The molecule has 0 aliphatic rings. The summed E-state index contributed by atoms with van der Waals surface area (Å²) in [7, 11) is 0. The Kier molecular flexibility index (Phi) is 2.41. The molecule has 2 heterocycles. The summed E-state index contributed by atoms with van der Waals surface area (Å²) in [5.41, 5.74) is 1.27. The van der Waals surface area contributed by atoms with Crippen molar-refractivity contribution >= 4 is 33.3 Å². The summed E-state index contributed by atoms with van der Waals surface area (Å²) in [6.45, 7) is 4.06. The zero-order valence-corrected chi connectivity index (χ0v) is 9.94. The first kappa shape index (κ1) is 9.80. The van der Waals surface area contributed by atoms with Crippen molar-refractivity contribution in [2.45, 2.75) is 18.7 Å². The van der Waals surface area contributed by atoms with E-state index in [2.05, 4.69) is 4.98 Å². The predicted octanol–water partition coefficient (Wildman–Crippen LogP) is 2.93. The van der Waals surface area contributed by atoms with E-state index in [-0.39, 0.29) is 5.43 Å². The number of aryl methyl sites for hydroxylation is 2. The van der Waals surface area contributed by atoms with Gasteiger partial charge in [0, 0.05) is 11.1 Å². The molecule has 0 bridgehead atoms. The van der Waals surface area contributed by atoms with Crippen molar-refractivity contribution in [1.29, 1.82) is 0 Å². The highest BCUT2D eigenvalue weighted by Gasteiger charge is 2.10. The highest BCUT2D eigenvalue weighted by Crippen LogP contribution is 2.27. The molecule has 0 saturated carbocycles. The van der Waals surface area contributed by atoms with Gasteiger partial charge in [-0.25, -0.2) is 0 Å². The van der Waals surface area contributed by atoms with Crippen molar-refractivity contribution in [3.05, 3.63) is 26.9 Å². The van der Waals surface area contributed by atoms with E-state index in [4.69, 9.17) is 0 Å². The molecule has 74 valence electrons. The van der Waals surface area contributed by atoms with E-state index in [1.807, 2.05) is 20.1 Å². The Labute approximate surface area is 90.4 Å². The number of aromatic amines is 1. The van der Waals surface area contributed by atoms with Crippen molar-refractivity contribution in [1.82, 2.24) is 4.98 Å². The molecule has 0 saturated heterocycles. The van der Waals surface area contributed by atoms with Crippen LogP contribution in [0.3, 0.4) is 0 Å². The van der Waals surface area contributed by atoms with Crippen molar-refractivity contribution in [3.8, 4) is 0 Å². The van der Waals surface area contributed by atoms with Crippen LogP contribution in [0.25, 0.3) is 10.2 Å². The molecule has 0 spiro atoms. The first-order valence-corrected chi connectivity index (χ1v) is 6.34. The van der Waals surface area contributed by atoms with Crippen LogP contribution < -0.4 is 5.43 Å². The minimum atomic E-state index is 0.160. The van der Waals surface area contributed by atoms with Crippen LogP contribution in [0.2, 0.25) is 0 Å². The SMILES string of the molecule is CSc1c[nH]c2sc(C)c(C)c2c1=O. The monoisotopic (exact) mass is 225 g/mol. The standard InChI is InChI=1S/C10H11NOS2/c1-5-6(2)14-10-8(5)9(12)7(13-3)4-11-10/h4H,1-3H3,(H,11,12). The summed E-state index contributed by atoms with van der Waals surface area (Å²) in [4.78, 5) is 18.1. The van der Waals surface area contributed by atoms with Crippen LogP contribution in [0.5, 0.6) is 0 Å². The smallest absolute Gasteiger partial charge is 0.204 e. The van der Waals surface area contributed by atoms with E-state index in [0.29, 0.717) is 0 Å². The molecule has 2 aromatic heterocycles. The molecule has 0 radical (unpaired) electrons. The van der Waals surface area contributed by atoms with Gasteiger partial charge in [-0.1, -0.05) is 0 Å². The summed E-state index contributed by atoms with van der Waals surface area (Å²) in [5.74, 6) is 0. The largest absolute Gasteiger partial charge is 0.352 e. The summed E-state index contributed by atoms with van der Waals surface area (Å²) in [6.07, 6.45) is 3.72. The molecule has 0 aliphatic carbocycles. The van der Waals surface area contributed by atoms with Crippen LogP contribution in [0.1, 0.15) is 10.4 Å². The van der Waals surface area contributed by atoms with E-state index in [1.165, 1.54) is 16.6 Å². The van der Waals surface area contributed by atoms with Crippen molar-refractivity contribution in [3.63, 3.8) is 0 Å². The first-order chi connectivity index (χ1) is 6.65. The lowest BCUT2D eigenvalue weighted by molar-refractivity contribution is 1.27. The van der Waals surface area contributed by atoms with Crippen molar-refractivity contribution in [2.24, 2.45) is 0 Å².